The molecule has 0 bridgehead atoms. The zero-order valence-electron chi connectivity index (χ0n) is 15.4. The summed E-state index contributed by atoms with van der Waals surface area (Å²) in [4.78, 5) is 27.2. The van der Waals surface area contributed by atoms with Gasteiger partial charge in [0.1, 0.15) is 16.7 Å². The van der Waals surface area contributed by atoms with E-state index in [-0.39, 0.29) is 10.6 Å². The van der Waals surface area contributed by atoms with Gasteiger partial charge < -0.3 is 0 Å². The summed E-state index contributed by atoms with van der Waals surface area (Å²) < 4.78 is 17.0. The second-order valence-electron chi connectivity index (χ2n) is 6.76. The van der Waals surface area contributed by atoms with Crippen molar-refractivity contribution >= 4 is 44.8 Å². The van der Waals surface area contributed by atoms with Crippen molar-refractivity contribution in [3.63, 3.8) is 0 Å². The summed E-state index contributed by atoms with van der Waals surface area (Å²) in [5, 5.41) is 0.361. The lowest BCUT2D eigenvalue weighted by molar-refractivity contribution is 0.628. The summed E-state index contributed by atoms with van der Waals surface area (Å²) in [6, 6.07) is 11.8. The minimum absolute atomic E-state index is 0.0226. The third kappa shape index (κ3) is 2.69. The fourth-order valence-corrected chi connectivity index (χ4v) is 3.72. The largest absolute Gasteiger partial charge is 0.299 e. The molecular weight excluding hydrogens is 393 g/mol. The van der Waals surface area contributed by atoms with Gasteiger partial charge in [0.05, 0.1) is 28.1 Å². The van der Waals surface area contributed by atoms with Gasteiger partial charge in [0.15, 0.2) is 11.3 Å². The van der Waals surface area contributed by atoms with Crippen LogP contribution in [0.5, 0.6) is 0 Å². The monoisotopic (exact) mass is 407 g/mol. The number of aromatic nitrogens is 5. The summed E-state index contributed by atoms with van der Waals surface area (Å²) in [6.45, 7) is 2.55. The first kappa shape index (κ1) is 17.8. The molecule has 2 aromatic carbocycles. The van der Waals surface area contributed by atoms with Crippen LogP contribution in [0.15, 0.2) is 53.6 Å². The van der Waals surface area contributed by atoms with E-state index < -0.39 is 5.82 Å². The van der Waals surface area contributed by atoms with Crippen molar-refractivity contribution in [2.75, 3.05) is 0 Å². The molecule has 0 aliphatic heterocycles. The molecule has 0 spiro atoms. The molecule has 0 aliphatic rings. The van der Waals surface area contributed by atoms with Crippen LogP contribution in [0.1, 0.15) is 13.3 Å². The van der Waals surface area contributed by atoms with E-state index in [1.54, 1.807) is 15.2 Å². The molecule has 0 saturated heterocycles. The zero-order chi connectivity index (χ0) is 20.1. The number of fused-ring (bicyclic) bond motifs is 4. The van der Waals surface area contributed by atoms with Crippen LogP contribution in [-0.4, -0.2) is 24.1 Å². The van der Waals surface area contributed by atoms with Gasteiger partial charge >= 0.3 is 0 Å². The maximum atomic E-state index is 13.7. The van der Waals surface area contributed by atoms with E-state index in [1.807, 2.05) is 31.2 Å². The van der Waals surface area contributed by atoms with Crippen LogP contribution in [0, 0.1) is 5.82 Å². The molecule has 3 heterocycles. The highest BCUT2D eigenvalue weighted by atomic mass is 35.5. The van der Waals surface area contributed by atoms with Gasteiger partial charge in [0.25, 0.3) is 5.56 Å². The summed E-state index contributed by atoms with van der Waals surface area (Å²) in [5.74, 6) is -0.522. The Morgan fingerprint density at radius 2 is 1.83 bits per heavy atom. The number of hydrogen-bond donors (Lipinski definition) is 0. The Bertz CT molecular complexity index is 1470. The molecule has 0 N–H and O–H groups in total. The molecule has 8 heteroatoms. The molecule has 29 heavy (non-hydrogen) atoms. The lowest BCUT2D eigenvalue weighted by atomic mass is 10.3. The molecular formula is C21H15ClFN5O. The van der Waals surface area contributed by atoms with Crippen LogP contribution in [-0.2, 0) is 6.54 Å². The first-order valence-corrected chi connectivity index (χ1v) is 9.58. The quantitative estimate of drug-likeness (QED) is 0.442. The molecule has 0 saturated carbocycles. The van der Waals surface area contributed by atoms with E-state index >= 15 is 0 Å². The minimum atomic E-state index is -0.522. The standard InChI is InChI=1S/C21H15ClFN5O/c1-2-9-27-11-24-19-17(21(27)29)18-20(26-16-6-4-3-5-15(16)25-18)28(19)12-7-8-14(23)13(22)10-12/h3-8,10-11H,2,9H2,1H3. The highest BCUT2D eigenvalue weighted by Gasteiger charge is 2.21. The van der Waals surface area contributed by atoms with Crippen LogP contribution in [0.2, 0.25) is 5.02 Å². The molecule has 144 valence electrons. The van der Waals surface area contributed by atoms with Crippen LogP contribution >= 0.6 is 11.6 Å². The topological polar surface area (TPSA) is 65.6 Å². The Morgan fingerprint density at radius 1 is 1.07 bits per heavy atom. The highest BCUT2D eigenvalue weighted by Crippen LogP contribution is 2.29. The zero-order valence-corrected chi connectivity index (χ0v) is 16.2. The minimum Gasteiger partial charge on any atom is -0.299 e. The van der Waals surface area contributed by atoms with Crippen LogP contribution < -0.4 is 5.56 Å². The smallest absolute Gasteiger partial charge is 0.265 e. The van der Waals surface area contributed by atoms with Gasteiger partial charge in [-0.15, -0.1) is 0 Å². The molecule has 0 aliphatic carbocycles. The van der Waals surface area contributed by atoms with E-state index in [9.17, 15) is 9.18 Å². The first-order chi connectivity index (χ1) is 14.1. The van der Waals surface area contributed by atoms with Crippen LogP contribution in [0.25, 0.3) is 38.9 Å². The Hall–Kier alpha value is -3.32. The lowest BCUT2D eigenvalue weighted by Gasteiger charge is -2.08. The number of hydrogen-bond acceptors (Lipinski definition) is 4. The highest BCUT2D eigenvalue weighted by molar-refractivity contribution is 6.31. The van der Waals surface area contributed by atoms with Crippen molar-refractivity contribution in [1.29, 1.82) is 0 Å². The molecule has 3 aromatic heterocycles. The van der Waals surface area contributed by atoms with Gasteiger partial charge in [-0.3, -0.25) is 13.9 Å². The Balaban J connectivity index is 1.98. The maximum Gasteiger partial charge on any atom is 0.265 e. The van der Waals surface area contributed by atoms with Crippen molar-refractivity contribution in [3.8, 4) is 5.69 Å². The molecule has 0 radical (unpaired) electrons. The van der Waals surface area contributed by atoms with Gasteiger partial charge in [0, 0.05) is 6.54 Å². The summed E-state index contributed by atoms with van der Waals surface area (Å²) in [7, 11) is 0. The van der Waals surface area contributed by atoms with Crippen molar-refractivity contribution in [2.24, 2.45) is 0 Å². The van der Waals surface area contributed by atoms with Crippen LogP contribution in [0.3, 0.4) is 0 Å². The average Bonchev–Trinajstić information content (AvgIpc) is 3.04. The van der Waals surface area contributed by atoms with E-state index in [2.05, 4.69) is 4.98 Å². The molecule has 5 aromatic rings. The molecule has 0 amide bonds. The second-order valence-corrected chi connectivity index (χ2v) is 7.17. The molecule has 0 atom stereocenters. The maximum absolute atomic E-state index is 13.7. The van der Waals surface area contributed by atoms with Gasteiger partial charge in [-0.2, -0.15) is 0 Å². The SMILES string of the molecule is CCCn1cnc2c(c1=O)c1nc3ccccc3nc1n2-c1ccc(F)c(Cl)c1. The Kier molecular flexibility index (Phi) is 4.06. The van der Waals surface area contributed by atoms with E-state index in [4.69, 9.17) is 21.6 Å². The number of rotatable bonds is 3. The first-order valence-electron chi connectivity index (χ1n) is 9.20. The van der Waals surface area contributed by atoms with E-state index in [0.717, 1.165) is 6.42 Å². The third-order valence-electron chi connectivity index (χ3n) is 4.86. The molecule has 0 unspecified atom stereocenters. The normalized spacial score (nSPS) is 11.7. The number of para-hydroxylation sites is 2. The van der Waals surface area contributed by atoms with Crippen molar-refractivity contribution < 1.29 is 4.39 Å². The predicted molar refractivity (Wildman–Crippen MR) is 111 cm³/mol. The van der Waals surface area contributed by atoms with E-state index in [0.29, 0.717) is 45.5 Å². The van der Waals surface area contributed by atoms with Crippen molar-refractivity contribution in [2.45, 2.75) is 19.9 Å². The number of benzene rings is 2. The molecule has 5 rings (SSSR count). The summed E-state index contributed by atoms with van der Waals surface area (Å²) in [6.07, 6.45) is 2.32. The predicted octanol–water partition coefficient (Wildman–Crippen LogP) is 4.49. The fraction of sp³-hybridized carbons (Fsp3) is 0.143. The second kappa shape index (κ2) is 6.63. The molecule has 6 nitrogen and oxygen atoms in total. The lowest BCUT2D eigenvalue weighted by Crippen LogP contribution is -2.20. The van der Waals surface area contributed by atoms with E-state index in [1.165, 1.54) is 18.5 Å². The van der Waals surface area contributed by atoms with Crippen molar-refractivity contribution in [3.05, 3.63) is 70.0 Å². The van der Waals surface area contributed by atoms with Gasteiger partial charge in [-0.25, -0.2) is 19.3 Å². The summed E-state index contributed by atoms with van der Waals surface area (Å²) in [5.41, 5.74) is 3.09. The third-order valence-corrected chi connectivity index (χ3v) is 5.15. The van der Waals surface area contributed by atoms with Gasteiger partial charge in [-0.1, -0.05) is 30.7 Å². The fourth-order valence-electron chi connectivity index (χ4n) is 3.54. The van der Waals surface area contributed by atoms with Gasteiger partial charge in [-0.05, 0) is 36.8 Å². The van der Waals surface area contributed by atoms with Crippen LogP contribution in [0.4, 0.5) is 4.39 Å². The number of halogens is 2. The number of aryl methyl sites for hydroxylation is 1. The number of nitrogens with zero attached hydrogens (tertiary/aromatic N) is 5. The Labute approximate surface area is 169 Å². The summed E-state index contributed by atoms with van der Waals surface area (Å²) >= 11 is 6.02. The average molecular weight is 408 g/mol. The van der Waals surface area contributed by atoms with Crippen molar-refractivity contribution in [1.82, 2.24) is 24.1 Å². The van der Waals surface area contributed by atoms with Gasteiger partial charge in [0.2, 0.25) is 0 Å². The molecule has 0 fully saturated rings. The Morgan fingerprint density at radius 3 is 2.55 bits per heavy atom.